The molecular weight excluding hydrogens is 314 g/mol. The Morgan fingerprint density at radius 2 is 1.95 bits per heavy atom. The first-order valence-electron chi connectivity index (χ1n) is 6.69. The Hall–Kier alpha value is -1.98. The van der Waals surface area contributed by atoms with Crippen molar-refractivity contribution in [3.8, 4) is 0 Å². The molecule has 3 aromatic rings. The third-order valence-electron chi connectivity index (χ3n) is 3.47. The summed E-state index contributed by atoms with van der Waals surface area (Å²) in [5, 5.41) is 3.05. The standard InChI is InChI=1S/C17H13NO2S2/c1-10(18-17(21)22-2)13-9-14-12-6-4-3-5-11(12)7-8-15(14)20-16(13)19/h3-9H,1-2H3/b18-10-. The van der Waals surface area contributed by atoms with Crippen LogP contribution < -0.4 is 5.63 Å². The van der Waals surface area contributed by atoms with Crippen LogP contribution in [0.5, 0.6) is 0 Å². The van der Waals surface area contributed by atoms with Crippen LogP contribution in [0.4, 0.5) is 0 Å². The molecule has 110 valence electrons. The lowest BCUT2D eigenvalue weighted by Gasteiger charge is -2.05. The molecule has 0 aliphatic rings. The molecule has 5 heteroatoms. The van der Waals surface area contributed by atoms with Crippen LogP contribution in [0.15, 0.2) is 56.7 Å². The van der Waals surface area contributed by atoms with Crippen LogP contribution in [-0.2, 0) is 0 Å². The largest absolute Gasteiger partial charge is 0.422 e. The van der Waals surface area contributed by atoms with Crippen molar-refractivity contribution in [1.29, 1.82) is 0 Å². The van der Waals surface area contributed by atoms with E-state index in [1.54, 1.807) is 6.92 Å². The van der Waals surface area contributed by atoms with Gasteiger partial charge in [0, 0.05) is 5.39 Å². The highest BCUT2D eigenvalue weighted by atomic mass is 32.2. The second-order valence-electron chi connectivity index (χ2n) is 4.81. The summed E-state index contributed by atoms with van der Waals surface area (Å²) in [6, 6.07) is 13.6. The first kappa shape index (κ1) is 14.9. The molecule has 0 atom stereocenters. The minimum absolute atomic E-state index is 0.395. The molecule has 0 fully saturated rings. The Balaban J connectivity index is 2.30. The molecule has 0 aliphatic heterocycles. The van der Waals surface area contributed by atoms with Gasteiger partial charge in [0.2, 0.25) is 0 Å². The van der Waals surface area contributed by atoms with Crippen molar-refractivity contribution in [2.75, 3.05) is 6.26 Å². The molecule has 0 spiro atoms. The zero-order valence-electron chi connectivity index (χ0n) is 12.1. The summed E-state index contributed by atoms with van der Waals surface area (Å²) in [7, 11) is 0. The summed E-state index contributed by atoms with van der Waals surface area (Å²) in [6.07, 6.45) is 1.86. The van der Waals surface area contributed by atoms with Crippen LogP contribution in [0, 0.1) is 0 Å². The maximum absolute atomic E-state index is 12.2. The summed E-state index contributed by atoms with van der Waals surface area (Å²) in [6.45, 7) is 1.77. The number of benzene rings is 2. The van der Waals surface area contributed by atoms with E-state index in [1.807, 2.05) is 48.7 Å². The van der Waals surface area contributed by atoms with Gasteiger partial charge in [0.1, 0.15) is 5.58 Å². The minimum atomic E-state index is -0.395. The van der Waals surface area contributed by atoms with E-state index in [2.05, 4.69) is 4.99 Å². The highest BCUT2D eigenvalue weighted by molar-refractivity contribution is 8.22. The van der Waals surface area contributed by atoms with E-state index in [-0.39, 0.29) is 0 Å². The van der Waals surface area contributed by atoms with E-state index in [1.165, 1.54) is 11.8 Å². The van der Waals surface area contributed by atoms with Gasteiger partial charge in [-0.2, -0.15) is 0 Å². The van der Waals surface area contributed by atoms with Crippen molar-refractivity contribution in [3.63, 3.8) is 0 Å². The molecule has 22 heavy (non-hydrogen) atoms. The first-order chi connectivity index (χ1) is 10.6. The molecule has 0 saturated heterocycles. The van der Waals surface area contributed by atoms with E-state index in [9.17, 15) is 4.79 Å². The Labute approximate surface area is 137 Å². The second kappa shape index (κ2) is 6.02. The summed E-state index contributed by atoms with van der Waals surface area (Å²) in [5.74, 6) is 0. The van der Waals surface area contributed by atoms with Gasteiger partial charge in [0.25, 0.3) is 0 Å². The van der Waals surface area contributed by atoms with Gasteiger partial charge in [-0.25, -0.2) is 9.79 Å². The Bertz CT molecular complexity index is 973. The Morgan fingerprint density at radius 1 is 1.18 bits per heavy atom. The number of thiocarbonyl (C=S) groups is 1. The Morgan fingerprint density at radius 3 is 2.73 bits per heavy atom. The van der Waals surface area contributed by atoms with E-state index in [0.29, 0.717) is 21.2 Å². The van der Waals surface area contributed by atoms with Crippen molar-refractivity contribution in [2.24, 2.45) is 4.99 Å². The predicted octanol–water partition coefficient (Wildman–Crippen LogP) is 4.40. The smallest absolute Gasteiger partial charge is 0.345 e. The van der Waals surface area contributed by atoms with Gasteiger partial charge in [0.15, 0.2) is 4.32 Å². The second-order valence-corrected chi connectivity index (χ2v) is 6.25. The SMILES string of the molecule is CSC(=S)/N=C(/C)c1cc2c(ccc3ccccc32)oc1=O. The van der Waals surface area contributed by atoms with Crippen LogP contribution in [0.25, 0.3) is 21.7 Å². The number of hydrogen-bond donors (Lipinski definition) is 0. The van der Waals surface area contributed by atoms with Crippen molar-refractivity contribution >= 4 is 55.8 Å². The fourth-order valence-corrected chi connectivity index (χ4v) is 2.73. The molecule has 1 heterocycles. The van der Waals surface area contributed by atoms with Gasteiger partial charge in [-0.1, -0.05) is 54.3 Å². The predicted molar refractivity (Wildman–Crippen MR) is 98.3 cm³/mol. The van der Waals surface area contributed by atoms with Crippen LogP contribution >= 0.6 is 24.0 Å². The van der Waals surface area contributed by atoms with E-state index in [0.717, 1.165) is 16.2 Å². The normalized spacial score (nSPS) is 12.0. The average Bonchev–Trinajstić information content (AvgIpc) is 2.53. The highest BCUT2D eigenvalue weighted by Gasteiger charge is 2.11. The monoisotopic (exact) mass is 327 g/mol. The molecule has 0 aliphatic carbocycles. The molecule has 0 N–H and O–H groups in total. The molecule has 0 unspecified atom stereocenters. The lowest BCUT2D eigenvalue weighted by molar-refractivity contribution is 0.560. The van der Waals surface area contributed by atoms with Gasteiger partial charge < -0.3 is 4.42 Å². The highest BCUT2D eigenvalue weighted by Crippen LogP contribution is 2.25. The van der Waals surface area contributed by atoms with Gasteiger partial charge in [-0.15, -0.1) is 0 Å². The average molecular weight is 327 g/mol. The Kier molecular flexibility index (Phi) is 4.09. The lowest BCUT2D eigenvalue weighted by Crippen LogP contribution is -2.12. The maximum atomic E-state index is 12.2. The lowest BCUT2D eigenvalue weighted by atomic mass is 10.0. The van der Waals surface area contributed by atoms with Crippen molar-refractivity contribution in [3.05, 3.63) is 58.4 Å². The first-order valence-corrected chi connectivity index (χ1v) is 8.32. The number of aliphatic imine (C=N–C) groups is 1. The van der Waals surface area contributed by atoms with Crippen LogP contribution in [0.1, 0.15) is 12.5 Å². The van der Waals surface area contributed by atoms with Gasteiger partial charge >= 0.3 is 5.63 Å². The molecule has 3 nitrogen and oxygen atoms in total. The number of hydrogen-bond acceptors (Lipinski definition) is 4. The van der Waals surface area contributed by atoms with Crippen LogP contribution in [0.2, 0.25) is 0 Å². The molecule has 0 bridgehead atoms. The van der Waals surface area contributed by atoms with Crippen molar-refractivity contribution < 1.29 is 4.42 Å². The topological polar surface area (TPSA) is 42.6 Å². The fraction of sp³-hybridized carbons (Fsp3) is 0.118. The van der Waals surface area contributed by atoms with Crippen LogP contribution in [0.3, 0.4) is 0 Å². The summed E-state index contributed by atoms with van der Waals surface area (Å²) in [4.78, 5) is 16.4. The molecule has 0 amide bonds. The van der Waals surface area contributed by atoms with Crippen LogP contribution in [-0.4, -0.2) is 16.3 Å². The zero-order valence-corrected chi connectivity index (χ0v) is 13.8. The van der Waals surface area contributed by atoms with Crippen molar-refractivity contribution in [2.45, 2.75) is 6.92 Å². The molecule has 1 aromatic heterocycles. The van der Waals surface area contributed by atoms with Crippen molar-refractivity contribution in [1.82, 2.24) is 0 Å². The van der Waals surface area contributed by atoms with E-state index in [4.69, 9.17) is 16.6 Å². The van der Waals surface area contributed by atoms with E-state index < -0.39 is 5.63 Å². The number of nitrogens with zero attached hydrogens (tertiary/aromatic N) is 1. The molecule has 3 rings (SSSR count). The fourth-order valence-electron chi connectivity index (χ4n) is 2.37. The number of fused-ring (bicyclic) bond motifs is 3. The summed E-state index contributed by atoms with van der Waals surface area (Å²) in [5.41, 5.74) is 1.20. The molecule has 0 radical (unpaired) electrons. The maximum Gasteiger partial charge on any atom is 0.345 e. The number of rotatable bonds is 1. The molecular formula is C17H13NO2S2. The quantitative estimate of drug-likeness (QED) is 0.287. The third kappa shape index (κ3) is 2.69. The van der Waals surface area contributed by atoms with Gasteiger partial charge in [0.05, 0.1) is 11.3 Å². The van der Waals surface area contributed by atoms with Gasteiger partial charge in [-0.05, 0) is 36.1 Å². The molecule has 0 saturated carbocycles. The zero-order chi connectivity index (χ0) is 15.7. The minimum Gasteiger partial charge on any atom is -0.422 e. The van der Waals surface area contributed by atoms with Gasteiger partial charge in [-0.3, -0.25) is 0 Å². The third-order valence-corrected chi connectivity index (χ3v) is 4.50. The number of thioether (sulfide) groups is 1. The summed E-state index contributed by atoms with van der Waals surface area (Å²) < 4.78 is 5.95. The van der Waals surface area contributed by atoms with E-state index >= 15 is 0 Å². The summed E-state index contributed by atoms with van der Waals surface area (Å²) >= 11 is 6.46. The molecule has 2 aromatic carbocycles.